The predicted molar refractivity (Wildman–Crippen MR) is 162 cm³/mol. The van der Waals surface area contributed by atoms with Crippen molar-refractivity contribution in [1.82, 2.24) is 0 Å². The molecule has 0 N–H and O–H groups in total. The second-order valence-corrected chi connectivity index (χ2v) is 9.55. The van der Waals surface area contributed by atoms with Crippen LogP contribution in [0.5, 0.6) is 0 Å². The predicted octanol–water partition coefficient (Wildman–Crippen LogP) is 8.26. The van der Waals surface area contributed by atoms with Crippen LogP contribution in [0.2, 0.25) is 0 Å². The van der Waals surface area contributed by atoms with Crippen LogP contribution in [0.4, 0.5) is 5.69 Å². The normalized spacial score (nSPS) is 13.9. The molecule has 0 saturated heterocycles. The standard InChI is InChI=1S/C36H27NO4/c1-2-40-36(39)29-15-13-28(14-16-29)34-22-21-32(41-34)23-30-24-33(27-11-7-4-8-12-27)37(35(30)38)31-19-17-26(18-20-31)25-9-5-3-6-10-25/h3-24H,2H2,1H3/b30-23-. The Balaban J connectivity index is 1.30. The molecule has 0 bridgehead atoms. The van der Waals surface area contributed by atoms with E-state index in [4.69, 9.17) is 9.15 Å². The second-order valence-electron chi connectivity index (χ2n) is 9.55. The number of nitrogens with zero attached hydrogens (tertiary/aromatic N) is 1. The monoisotopic (exact) mass is 537 g/mol. The molecule has 0 spiro atoms. The number of carbonyl (C=O) groups is 2. The van der Waals surface area contributed by atoms with Crippen molar-refractivity contribution in [2.45, 2.75) is 6.92 Å². The summed E-state index contributed by atoms with van der Waals surface area (Å²) in [6.45, 7) is 2.10. The van der Waals surface area contributed by atoms with Crippen molar-refractivity contribution in [3.8, 4) is 22.5 Å². The van der Waals surface area contributed by atoms with Gasteiger partial charge >= 0.3 is 5.97 Å². The summed E-state index contributed by atoms with van der Waals surface area (Å²) < 4.78 is 11.1. The Morgan fingerprint density at radius 3 is 2.00 bits per heavy atom. The van der Waals surface area contributed by atoms with E-state index in [1.807, 2.05) is 103 Å². The van der Waals surface area contributed by atoms with Crippen LogP contribution in [0.1, 0.15) is 28.6 Å². The lowest BCUT2D eigenvalue weighted by molar-refractivity contribution is -0.113. The summed E-state index contributed by atoms with van der Waals surface area (Å²) >= 11 is 0. The SMILES string of the molecule is CCOC(=O)c1ccc(-c2ccc(/C=C3/C=C(c4ccccc4)N(c4ccc(-c5ccccc5)cc4)C3=O)o2)cc1. The first-order chi connectivity index (χ1) is 20.1. The van der Waals surface area contributed by atoms with Crippen LogP contribution in [0.3, 0.4) is 0 Å². The molecule has 4 aromatic carbocycles. The first-order valence-corrected chi connectivity index (χ1v) is 13.5. The molecular weight excluding hydrogens is 510 g/mol. The van der Waals surface area contributed by atoms with Crippen molar-refractivity contribution in [3.05, 3.63) is 150 Å². The average Bonchev–Trinajstić information content (AvgIpc) is 3.63. The minimum atomic E-state index is -0.357. The number of esters is 1. The van der Waals surface area contributed by atoms with Crippen LogP contribution < -0.4 is 4.90 Å². The number of hydrogen-bond acceptors (Lipinski definition) is 4. The zero-order chi connectivity index (χ0) is 28.2. The Labute approximate surface area is 238 Å². The van der Waals surface area contributed by atoms with E-state index in [1.165, 1.54) is 0 Å². The number of carbonyl (C=O) groups excluding carboxylic acids is 2. The minimum absolute atomic E-state index is 0.131. The van der Waals surface area contributed by atoms with E-state index in [9.17, 15) is 9.59 Å². The van der Waals surface area contributed by atoms with Crippen molar-refractivity contribution in [3.63, 3.8) is 0 Å². The van der Waals surface area contributed by atoms with Crippen LogP contribution in [0.15, 0.2) is 137 Å². The summed E-state index contributed by atoms with van der Waals surface area (Å²) in [6, 6.07) is 38.8. The third kappa shape index (κ3) is 5.38. The third-order valence-corrected chi connectivity index (χ3v) is 6.89. The van der Waals surface area contributed by atoms with Gasteiger partial charge in [0.05, 0.1) is 17.9 Å². The van der Waals surface area contributed by atoms with E-state index in [0.29, 0.717) is 29.3 Å². The highest BCUT2D eigenvalue weighted by Gasteiger charge is 2.30. The van der Waals surface area contributed by atoms with E-state index in [2.05, 4.69) is 12.1 Å². The molecule has 200 valence electrons. The van der Waals surface area contributed by atoms with Gasteiger partial charge in [-0.3, -0.25) is 9.69 Å². The Hall–Kier alpha value is -5.42. The highest BCUT2D eigenvalue weighted by Crippen LogP contribution is 2.36. The van der Waals surface area contributed by atoms with E-state index < -0.39 is 0 Å². The molecule has 41 heavy (non-hydrogen) atoms. The molecule has 2 heterocycles. The fourth-order valence-corrected chi connectivity index (χ4v) is 4.85. The van der Waals surface area contributed by atoms with Crippen molar-refractivity contribution in [2.24, 2.45) is 0 Å². The summed E-state index contributed by atoms with van der Waals surface area (Å²) in [5, 5.41) is 0. The van der Waals surface area contributed by atoms with Gasteiger partial charge in [-0.05, 0) is 72.2 Å². The van der Waals surface area contributed by atoms with Crippen LogP contribution in [-0.4, -0.2) is 18.5 Å². The van der Waals surface area contributed by atoms with E-state index in [-0.39, 0.29) is 11.9 Å². The number of amides is 1. The number of hydrogen-bond donors (Lipinski definition) is 0. The lowest BCUT2D eigenvalue weighted by atomic mass is 10.0. The summed E-state index contributed by atoms with van der Waals surface area (Å²) in [4.78, 5) is 27.5. The first kappa shape index (κ1) is 25.8. The van der Waals surface area contributed by atoms with Crippen molar-refractivity contribution < 1.29 is 18.7 Å². The zero-order valence-electron chi connectivity index (χ0n) is 22.5. The lowest BCUT2D eigenvalue weighted by Gasteiger charge is -2.21. The van der Waals surface area contributed by atoms with E-state index >= 15 is 0 Å². The van der Waals surface area contributed by atoms with E-state index in [1.54, 1.807) is 30.0 Å². The van der Waals surface area contributed by atoms with Gasteiger partial charge in [0, 0.05) is 16.8 Å². The van der Waals surface area contributed by atoms with Gasteiger partial charge < -0.3 is 9.15 Å². The maximum absolute atomic E-state index is 13.8. The van der Waals surface area contributed by atoms with Gasteiger partial charge in [0.25, 0.3) is 5.91 Å². The van der Waals surface area contributed by atoms with Gasteiger partial charge in [-0.1, -0.05) is 84.9 Å². The zero-order valence-corrected chi connectivity index (χ0v) is 22.5. The Morgan fingerprint density at radius 2 is 1.34 bits per heavy atom. The van der Waals surface area contributed by atoms with Crippen LogP contribution >= 0.6 is 0 Å². The average molecular weight is 538 g/mol. The van der Waals surface area contributed by atoms with Crippen molar-refractivity contribution in [2.75, 3.05) is 11.5 Å². The molecule has 5 nitrogen and oxygen atoms in total. The number of benzene rings is 4. The number of ether oxygens (including phenoxy) is 1. The van der Waals surface area contributed by atoms with E-state index in [0.717, 1.165) is 33.6 Å². The molecule has 1 aromatic heterocycles. The second kappa shape index (κ2) is 11.4. The molecule has 0 unspecified atom stereocenters. The molecule has 0 saturated carbocycles. The van der Waals surface area contributed by atoms with Gasteiger partial charge in [0.2, 0.25) is 0 Å². The molecule has 6 rings (SSSR count). The molecule has 1 amide bonds. The molecule has 5 aromatic rings. The molecular formula is C36H27NO4. The Bertz CT molecular complexity index is 1750. The van der Waals surface area contributed by atoms with Crippen LogP contribution in [0, 0.1) is 0 Å². The van der Waals surface area contributed by atoms with Crippen molar-refractivity contribution >= 4 is 29.3 Å². The molecule has 5 heteroatoms. The quantitative estimate of drug-likeness (QED) is 0.155. The summed E-state index contributed by atoms with van der Waals surface area (Å²) in [5.41, 5.74) is 6.56. The Kier molecular flexibility index (Phi) is 7.16. The molecule has 0 fully saturated rings. The lowest BCUT2D eigenvalue weighted by Crippen LogP contribution is -2.24. The summed E-state index contributed by atoms with van der Waals surface area (Å²) in [6.07, 6.45) is 3.67. The van der Waals surface area contributed by atoms with Gasteiger partial charge in [-0.25, -0.2) is 4.79 Å². The number of furan rings is 1. The largest absolute Gasteiger partial charge is 0.462 e. The van der Waals surface area contributed by atoms with Crippen LogP contribution in [-0.2, 0) is 9.53 Å². The molecule has 1 aliphatic heterocycles. The summed E-state index contributed by atoms with van der Waals surface area (Å²) in [7, 11) is 0. The van der Waals surface area contributed by atoms with Crippen molar-refractivity contribution in [1.29, 1.82) is 0 Å². The molecule has 1 aliphatic rings. The highest BCUT2D eigenvalue weighted by molar-refractivity contribution is 6.23. The smallest absolute Gasteiger partial charge is 0.338 e. The molecule has 0 atom stereocenters. The topological polar surface area (TPSA) is 59.8 Å². The number of rotatable bonds is 7. The highest BCUT2D eigenvalue weighted by atomic mass is 16.5. The van der Waals surface area contributed by atoms with Gasteiger partial charge in [0.15, 0.2) is 0 Å². The maximum atomic E-state index is 13.8. The molecule has 0 radical (unpaired) electrons. The number of anilines is 1. The summed E-state index contributed by atoms with van der Waals surface area (Å²) in [5.74, 6) is 0.707. The van der Waals surface area contributed by atoms with Gasteiger partial charge in [-0.15, -0.1) is 0 Å². The fraction of sp³-hybridized carbons (Fsp3) is 0.0556. The van der Waals surface area contributed by atoms with Gasteiger partial charge in [-0.2, -0.15) is 0 Å². The Morgan fingerprint density at radius 1 is 0.732 bits per heavy atom. The molecule has 0 aliphatic carbocycles. The third-order valence-electron chi connectivity index (χ3n) is 6.89. The first-order valence-electron chi connectivity index (χ1n) is 13.5. The minimum Gasteiger partial charge on any atom is -0.462 e. The maximum Gasteiger partial charge on any atom is 0.338 e. The van der Waals surface area contributed by atoms with Gasteiger partial charge in [0.1, 0.15) is 11.5 Å². The van der Waals surface area contributed by atoms with Crippen LogP contribution in [0.25, 0.3) is 34.2 Å². The fourth-order valence-electron chi connectivity index (χ4n) is 4.85.